The fraction of sp³-hybridized carbons (Fsp3) is 0.524. The van der Waals surface area contributed by atoms with E-state index >= 15 is 0 Å². The molecule has 0 amide bonds. The maximum atomic E-state index is 12.4. The minimum atomic E-state index is -1.09. The number of aliphatic carboxylic acids is 1. The van der Waals surface area contributed by atoms with Crippen LogP contribution in [0.5, 0.6) is 0 Å². The van der Waals surface area contributed by atoms with Crippen LogP contribution in [0.3, 0.4) is 0 Å². The number of carboxylic acids is 1. The van der Waals surface area contributed by atoms with Gasteiger partial charge in [-0.1, -0.05) is 18.9 Å². The molecule has 0 radical (unpaired) electrons. The molecule has 1 aromatic carbocycles. The van der Waals surface area contributed by atoms with Crippen molar-refractivity contribution in [1.29, 1.82) is 0 Å². The SMILES string of the molecule is C[C@]12CCC3c4ccc(C#CC(=O)O)cc4CCC3C1CCC2=O. The molecule has 0 aromatic heterocycles. The topological polar surface area (TPSA) is 54.4 Å². The molecule has 0 aliphatic heterocycles. The lowest BCUT2D eigenvalue weighted by molar-refractivity contribution is -0.130. The molecule has 1 N–H and O–H groups in total. The van der Waals surface area contributed by atoms with Crippen LogP contribution >= 0.6 is 0 Å². The molecule has 3 aliphatic rings. The highest BCUT2D eigenvalue weighted by atomic mass is 16.4. The molecule has 0 spiro atoms. The lowest BCUT2D eigenvalue weighted by atomic mass is 9.55. The molecule has 1 aromatic rings. The number of fused-ring (bicyclic) bond motifs is 5. The first kappa shape index (κ1) is 15.4. The summed E-state index contributed by atoms with van der Waals surface area (Å²) in [5.74, 6) is 6.03. The monoisotopic (exact) mass is 322 g/mol. The van der Waals surface area contributed by atoms with Gasteiger partial charge in [-0.2, -0.15) is 0 Å². The number of ketones is 1. The van der Waals surface area contributed by atoms with Crippen molar-refractivity contribution in [3.05, 3.63) is 34.9 Å². The van der Waals surface area contributed by atoms with Gasteiger partial charge in [0.15, 0.2) is 0 Å². The van der Waals surface area contributed by atoms with Crippen LogP contribution in [0, 0.1) is 29.1 Å². The van der Waals surface area contributed by atoms with Gasteiger partial charge in [-0.15, -0.1) is 0 Å². The maximum Gasteiger partial charge on any atom is 0.382 e. The predicted octanol–water partition coefficient (Wildman–Crippen LogP) is 3.55. The Labute approximate surface area is 142 Å². The van der Waals surface area contributed by atoms with Crippen LogP contribution in [0.15, 0.2) is 18.2 Å². The number of hydrogen-bond donors (Lipinski definition) is 1. The zero-order valence-electron chi connectivity index (χ0n) is 14.0. The van der Waals surface area contributed by atoms with Crippen LogP contribution in [-0.4, -0.2) is 16.9 Å². The number of carbonyl (C=O) groups is 2. The first-order valence-corrected chi connectivity index (χ1v) is 8.90. The average Bonchev–Trinajstić information content (AvgIpc) is 2.88. The fourth-order valence-electron chi connectivity index (χ4n) is 5.56. The molecule has 4 atom stereocenters. The van der Waals surface area contributed by atoms with Crippen LogP contribution in [0.4, 0.5) is 0 Å². The van der Waals surface area contributed by atoms with Crippen molar-refractivity contribution in [1.82, 2.24) is 0 Å². The summed E-state index contributed by atoms with van der Waals surface area (Å²) in [5.41, 5.74) is 3.44. The zero-order chi connectivity index (χ0) is 16.9. The van der Waals surface area contributed by atoms with Gasteiger partial charge in [0, 0.05) is 23.3 Å². The lowest BCUT2D eigenvalue weighted by Gasteiger charge is -2.48. The van der Waals surface area contributed by atoms with E-state index in [2.05, 4.69) is 30.9 Å². The molecule has 124 valence electrons. The van der Waals surface area contributed by atoms with Gasteiger partial charge in [-0.25, -0.2) is 4.79 Å². The van der Waals surface area contributed by atoms with Gasteiger partial charge in [-0.3, -0.25) is 4.79 Å². The van der Waals surface area contributed by atoms with E-state index in [0.717, 1.165) is 44.1 Å². The minimum Gasteiger partial charge on any atom is -0.472 e. The van der Waals surface area contributed by atoms with E-state index < -0.39 is 5.97 Å². The number of rotatable bonds is 0. The highest BCUT2D eigenvalue weighted by molar-refractivity contribution is 5.87. The van der Waals surface area contributed by atoms with Crippen molar-refractivity contribution in [3.63, 3.8) is 0 Å². The van der Waals surface area contributed by atoms with Crippen molar-refractivity contribution in [2.24, 2.45) is 17.3 Å². The van der Waals surface area contributed by atoms with Crippen molar-refractivity contribution >= 4 is 11.8 Å². The predicted molar refractivity (Wildman–Crippen MR) is 90.6 cm³/mol. The first-order valence-electron chi connectivity index (χ1n) is 8.90. The molecule has 3 heteroatoms. The smallest absolute Gasteiger partial charge is 0.382 e. The van der Waals surface area contributed by atoms with Gasteiger partial charge < -0.3 is 5.11 Å². The van der Waals surface area contributed by atoms with Crippen LogP contribution in [0.2, 0.25) is 0 Å². The Hall–Kier alpha value is -2.08. The minimum absolute atomic E-state index is 0.0778. The molecule has 0 heterocycles. The number of hydrogen-bond acceptors (Lipinski definition) is 2. The lowest BCUT2D eigenvalue weighted by Crippen LogP contribution is -2.42. The van der Waals surface area contributed by atoms with Crippen molar-refractivity contribution in [2.75, 3.05) is 0 Å². The molecular weight excluding hydrogens is 300 g/mol. The third-order valence-corrected chi connectivity index (χ3v) is 6.75. The normalized spacial score (nSPS) is 33.7. The number of carbonyl (C=O) groups excluding carboxylic acids is 1. The molecule has 0 bridgehead atoms. The molecule has 2 saturated carbocycles. The summed E-state index contributed by atoms with van der Waals surface area (Å²) >= 11 is 0. The van der Waals surface area contributed by atoms with E-state index in [1.54, 1.807) is 0 Å². The average molecular weight is 322 g/mol. The van der Waals surface area contributed by atoms with E-state index in [0.29, 0.717) is 23.5 Å². The van der Waals surface area contributed by atoms with Crippen LogP contribution in [0.25, 0.3) is 0 Å². The van der Waals surface area contributed by atoms with Crippen LogP contribution < -0.4 is 0 Å². The molecule has 4 rings (SSSR count). The van der Waals surface area contributed by atoms with Crippen LogP contribution in [-0.2, 0) is 16.0 Å². The Balaban J connectivity index is 1.65. The van der Waals surface area contributed by atoms with E-state index in [9.17, 15) is 9.59 Å². The molecule has 24 heavy (non-hydrogen) atoms. The summed E-state index contributed by atoms with van der Waals surface area (Å²) < 4.78 is 0. The second kappa shape index (κ2) is 5.48. The van der Waals surface area contributed by atoms with Gasteiger partial charge >= 0.3 is 5.97 Å². The van der Waals surface area contributed by atoms with Gasteiger partial charge in [0.05, 0.1) is 0 Å². The number of aryl methyl sites for hydroxylation is 1. The van der Waals surface area contributed by atoms with E-state index in [1.807, 2.05) is 6.07 Å². The Morgan fingerprint density at radius 3 is 2.88 bits per heavy atom. The number of benzene rings is 1. The molecule has 3 aliphatic carbocycles. The summed E-state index contributed by atoms with van der Waals surface area (Å²) in [6.45, 7) is 2.20. The van der Waals surface area contributed by atoms with Crippen molar-refractivity contribution in [2.45, 2.75) is 51.4 Å². The summed E-state index contributed by atoms with van der Waals surface area (Å²) in [4.78, 5) is 23.0. The van der Waals surface area contributed by atoms with Crippen LogP contribution in [0.1, 0.15) is 61.6 Å². The Kier molecular flexibility index (Phi) is 3.53. The Bertz CT molecular complexity index is 782. The van der Waals surface area contributed by atoms with Gasteiger partial charge in [-0.05, 0) is 73.1 Å². The molecule has 3 unspecified atom stereocenters. The Morgan fingerprint density at radius 2 is 2.08 bits per heavy atom. The molecular formula is C21H22O3. The van der Waals surface area contributed by atoms with Gasteiger partial charge in [0.2, 0.25) is 0 Å². The highest BCUT2D eigenvalue weighted by Crippen LogP contribution is 2.59. The van der Waals surface area contributed by atoms with E-state index in [1.165, 1.54) is 11.1 Å². The highest BCUT2D eigenvalue weighted by Gasteiger charge is 2.54. The van der Waals surface area contributed by atoms with E-state index in [-0.39, 0.29) is 5.41 Å². The van der Waals surface area contributed by atoms with Crippen molar-refractivity contribution < 1.29 is 14.7 Å². The Morgan fingerprint density at radius 1 is 1.25 bits per heavy atom. The van der Waals surface area contributed by atoms with Gasteiger partial charge in [0.25, 0.3) is 0 Å². The number of carboxylic acid groups (broad SMARTS) is 1. The quantitative estimate of drug-likeness (QED) is 0.743. The maximum absolute atomic E-state index is 12.4. The third kappa shape index (κ3) is 2.28. The molecule has 3 nitrogen and oxygen atoms in total. The summed E-state index contributed by atoms with van der Waals surface area (Å²) in [5, 5.41) is 8.70. The van der Waals surface area contributed by atoms with Gasteiger partial charge in [0.1, 0.15) is 5.78 Å². The summed E-state index contributed by atoms with van der Waals surface area (Å²) in [7, 11) is 0. The summed E-state index contributed by atoms with van der Waals surface area (Å²) in [6.07, 6.45) is 6.09. The second-order valence-electron chi connectivity index (χ2n) is 7.80. The summed E-state index contributed by atoms with van der Waals surface area (Å²) in [6, 6.07) is 6.16. The number of Topliss-reactive ketones (excluding diaryl/α,β-unsaturated/α-hetero) is 1. The zero-order valence-corrected chi connectivity index (χ0v) is 14.0. The first-order chi connectivity index (χ1) is 11.5. The fourth-order valence-corrected chi connectivity index (χ4v) is 5.56. The third-order valence-electron chi connectivity index (χ3n) is 6.75. The molecule has 0 saturated heterocycles. The van der Waals surface area contributed by atoms with Crippen molar-refractivity contribution in [3.8, 4) is 11.8 Å². The second-order valence-corrected chi connectivity index (χ2v) is 7.80. The standard InChI is InChI=1S/C21H22O3/c1-21-11-10-16-15-5-2-13(3-9-20(23)24)12-14(15)4-6-17(16)18(21)7-8-19(21)22/h2,5,12,16-18H,4,6-8,10-11H2,1H3,(H,23,24)/t16?,17?,18?,21-/m0/s1. The molecule has 2 fully saturated rings. The largest absolute Gasteiger partial charge is 0.472 e. The van der Waals surface area contributed by atoms with E-state index in [4.69, 9.17) is 5.11 Å².